The minimum Gasteiger partial charge on any atom is -0.462 e. The summed E-state index contributed by atoms with van der Waals surface area (Å²) in [5, 5.41) is 2.88. The Kier molecular flexibility index (Phi) is 6.37. The van der Waals surface area contributed by atoms with E-state index < -0.39 is 5.97 Å². The number of hydrogen-bond acceptors (Lipinski definition) is 3. The van der Waals surface area contributed by atoms with Crippen molar-refractivity contribution in [1.29, 1.82) is 0 Å². The van der Waals surface area contributed by atoms with Gasteiger partial charge in [-0.25, -0.2) is 4.79 Å². The van der Waals surface area contributed by atoms with E-state index in [0.717, 1.165) is 11.1 Å². The summed E-state index contributed by atoms with van der Waals surface area (Å²) in [6.07, 6.45) is 1.85. The molecule has 0 aliphatic carbocycles. The van der Waals surface area contributed by atoms with Crippen LogP contribution in [0.3, 0.4) is 0 Å². The lowest BCUT2D eigenvalue weighted by Gasteiger charge is -2.11. The van der Waals surface area contributed by atoms with Crippen molar-refractivity contribution in [2.24, 2.45) is 0 Å². The number of esters is 1. The zero-order valence-corrected chi connectivity index (χ0v) is 15.6. The molecule has 0 bridgehead atoms. The summed E-state index contributed by atoms with van der Waals surface area (Å²) < 4.78 is 5.02. The molecule has 28 heavy (non-hydrogen) atoms. The molecule has 3 aromatic rings. The van der Waals surface area contributed by atoms with Crippen LogP contribution in [0.2, 0.25) is 0 Å². The third kappa shape index (κ3) is 4.95. The van der Waals surface area contributed by atoms with Gasteiger partial charge in [0.15, 0.2) is 0 Å². The lowest BCUT2D eigenvalue weighted by atomic mass is 10.0. The van der Waals surface area contributed by atoms with E-state index in [1.54, 1.807) is 31.2 Å². The molecule has 0 aliphatic heterocycles. The first-order chi connectivity index (χ1) is 13.7. The topological polar surface area (TPSA) is 55.4 Å². The largest absolute Gasteiger partial charge is 0.462 e. The minimum absolute atomic E-state index is 0.254. The fourth-order valence-corrected chi connectivity index (χ4v) is 2.75. The highest BCUT2D eigenvalue weighted by Gasteiger charge is 2.14. The van der Waals surface area contributed by atoms with Crippen LogP contribution in [0.15, 0.2) is 84.9 Å². The zero-order valence-electron chi connectivity index (χ0n) is 15.6. The van der Waals surface area contributed by atoms with Crippen LogP contribution in [0, 0.1) is 0 Å². The predicted molar refractivity (Wildman–Crippen MR) is 112 cm³/mol. The smallest absolute Gasteiger partial charge is 0.338 e. The Balaban J connectivity index is 1.90. The Morgan fingerprint density at radius 3 is 2.18 bits per heavy atom. The van der Waals surface area contributed by atoms with Crippen LogP contribution in [0.1, 0.15) is 28.4 Å². The van der Waals surface area contributed by atoms with Crippen LogP contribution in [0.4, 0.5) is 5.69 Å². The molecule has 1 N–H and O–H groups in total. The summed E-state index contributed by atoms with van der Waals surface area (Å²) in [4.78, 5) is 25.0. The van der Waals surface area contributed by atoms with Crippen molar-refractivity contribution in [3.05, 3.63) is 102 Å². The van der Waals surface area contributed by atoms with Gasteiger partial charge in [0.2, 0.25) is 0 Å². The van der Waals surface area contributed by atoms with E-state index in [4.69, 9.17) is 4.74 Å². The monoisotopic (exact) mass is 371 g/mol. The van der Waals surface area contributed by atoms with Crippen molar-refractivity contribution in [2.75, 3.05) is 11.9 Å². The number of carbonyl (C=O) groups is 2. The Morgan fingerprint density at radius 1 is 0.857 bits per heavy atom. The molecule has 0 radical (unpaired) electrons. The summed E-state index contributed by atoms with van der Waals surface area (Å²) in [5.74, 6) is -0.669. The van der Waals surface area contributed by atoms with Crippen molar-refractivity contribution in [1.82, 2.24) is 0 Å². The van der Waals surface area contributed by atoms with E-state index in [1.165, 1.54) is 0 Å². The predicted octanol–water partition coefficient (Wildman–Crippen LogP) is 5.04. The number of carbonyl (C=O) groups excluding carboxylic acids is 2. The number of hydrogen-bond donors (Lipinski definition) is 1. The molecule has 4 heteroatoms. The van der Waals surface area contributed by atoms with Crippen LogP contribution in [-0.2, 0) is 9.53 Å². The van der Waals surface area contributed by atoms with Gasteiger partial charge >= 0.3 is 5.97 Å². The van der Waals surface area contributed by atoms with Crippen molar-refractivity contribution in [3.63, 3.8) is 0 Å². The fourth-order valence-electron chi connectivity index (χ4n) is 2.75. The molecule has 0 atom stereocenters. The molecule has 3 rings (SSSR count). The molecule has 0 aliphatic rings. The Morgan fingerprint density at radius 2 is 1.50 bits per heavy atom. The molecule has 3 aromatic carbocycles. The van der Waals surface area contributed by atoms with Crippen molar-refractivity contribution >= 4 is 29.2 Å². The molecule has 0 fully saturated rings. The first-order valence-electron chi connectivity index (χ1n) is 9.08. The van der Waals surface area contributed by atoms with Gasteiger partial charge in [0.05, 0.1) is 12.2 Å². The number of anilines is 1. The molecule has 140 valence electrons. The van der Waals surface area contributed by atoms with Crippen molar-refractivity contribution < 1.29 is 14.3 Å². The summed E-state index contributed by atoms with van der Waals surface area (Å²) in [6.45, 7) is 2.05. The van der Waals surface area contributed by atoms with Crippen LogP contribution in [-0.4, -0.2) is 18.5 Å². The Labute approximate surface area is 164 Å². The molecule has 0 saturated heterocycles. The molecular weight excluding hydrogens is 350 g/mol. The number of benzene rings is 3. The van der Waals surface area contributed by atoms with E-state index in [9.17, 15) is 9.59 Å². The lowest BCUT2D eigenvalue weighted by molar-refractivity contribution is -0.111. The second-order valence-electron chi connectivity index (χ2n) is 6.09. The highest BCUT2D eigenvalue weighted by atomic mass is 16.5. The average molecular weight is 371 g/mol. The first-order valence-corrected chi connectivity index (χ1v) is 9.08. The second kappa shape index (κ2) is 9.33. The van der Waals surface area contributed by atoms with Gasteiger partial charge in [-0.15, -0.1) is 0 Å². The SMILES string of the molecule is CCOC(=O)c1cccc(NC(=O)C(=Cc2ccccc2)c2ccccc2)c1. The first kappa shape index (κ1) is 19.1. The van der Waals surface area contributed by atoms with Crippen molar-refractivity contribution in [2.45, 2.75) is 6.92 Å². The molecular formula is C24H21NO3. The fraction of sp³-hybridized carbons (Fsp3) is 0.0833. The standard InChI is InChI=1S/C24H21NO3/c1-2-28-24(27)20-14-9-15-21(17-20)25-23(26)22(19-12-7-4-8-13-19)16-18-10-5-3-6-11-18/h3-17H,2H2,1H3,(H,25,26). The third-order valence-electron chi connectivity index (χ3n) is 4.07. The maximum absolute atomic E-state index is 13.0. The van der Waals surface area contributed by atoms with Gasteiger partial charge in [0, 0.05) is 11.3 Å². The van der Waals surface area contributed by atoms with Gasteiger partial charge in [-0.3, -0.25) is 4.79 Å². The Bertz CT molecular complexity index is 979. The van der Waals surface area contributed by atoms with Crippen LogP contribution in [0.5, 0.6) is 0 Å². The average Bonchev–Trinajstić information content (AvgIpc) is 2.73. The van der Waals surface area contributed by atoms with Gasteiger partial charge in [0.1, 0.15) is 0 Å². The summed E-state index contributed by atoms with van der Waals surface area (Å²) in [5.41, 5.74) is 3.20. The number of rotatable bonds is 6. The van der Waals surface area contributed by atoms with Crippen LogP contribution < -0.4 is 5.32 Å². The highest BCUT2D eigenvalue weighted by Crippen LogP contribution is 2.21. The number of nitrogens with one attached hydrogen (secondary N) is 1. The summed E-state index contributed by atoms with van der Waals surface area (Å²) in [7, 11) is 0. The molecule has 0 heterocycles. The van der Waals surface area contributed by atoms with Gasteiger partial charge in [-0.2, -0.15) is 0 Å². The quantitative estimate of drug-likeness (QED) is 0.375. The maximum Gasteiger partial charge on any atom is 0.338 e. The summed E-state index contributed by atoms with van der Waals surface area (Å²) in [6, 6.07) is 25.9. The molecule has 1 amide bonds. The van der Waals surface area contributed by atoms with E-state index in [0.29, 0.717) is 23.4 Å². The number of amides is 1. The molecule has 0 saturated carbocycles. The molecule has 0 spiro atoms. The molecule has 0 unspecified atom stereocenters. The van der Waals surface area contributed by atoms with Crippen LogP contribution in [0.25, 0.3) is 11.6 Å². The highest BCUT2D eigenvalue weighted by molar-refractivity contribution is 6.29. The lowest BCUT2D eigenvalue weighted by Crippen LogP contribution is -2.14. The van der Waals surface area contributed by atoms with Gasteiger partial charge in [-0.1, -0.05) is 66.7 Å². The normalized spacial score (nSPS) is 11.0. The minimum atomic E-state index is -0.415. The number of ether oxygens (including phenoxy) is 1. The van der Waals surface area contributed by atoms with Crippen LogP contribution >= 0.6 is 0 Å². The second-order valence-corrected chi connectivity index (χ2v) is 6.09. The van der Waals surface area contributed by atoms with Gasteiger partial charge < -0.3 is 10.1 Å². The zero-order chi connectivity index (χ0) is 19.8. The summed E-state index contributed by atoms with van der Waals surface area (Å²) >= 11 is 0. The van der Waals surface area contributed by atoms with E-state index >= 15 is 0 Å². The molecule has 0 aromatic heterocycles. The van der Waals surface area contributed by atoms with E-state index in [1.807, 2.05) is 66.7 Å². The Hall–Kier alpha value is -3.66. The maximum atomic E-state index is 13.0. The van der Waals surface area contributed by atoms with Crippen molar-refractivity contribution in [3.8, 4) is 0 Å². The third-order valence-corrected chi connectivity index (χ3v) is 4.07. The molecule has 4 nitrogen and oxygen atoms in total. The van der Waals surface area contributed by atoms with E-state index in [2.05, 4.69) is 5.32 Å². The van der Waals surface area contributed by atoms with Gasteiger partial charge in [0.25, 0.3) is 5.91 Å². The van der Waals surface area contributed by atoms with E-state index in [-0.39, 0.29) is 5.91 Å². The van der Waals surface area contributed by atoms with Gasteiger partial charge in [-0.05, 0) is 42.3 Å².